The Morgan fingerprint density at radius 1 is 0.750 bits per heavy atom. The molecular weight excluding hydrogens is 302 g/mol. The van der Waals surface area contributed by atoms with Crippen LogP contribution in [0.5, 0.6) is 0 Å². The van der Waals surface area contributed by atoms with Crippen LogP contribution in [-0.4, -0.2) is 0 Å². The fourth-order valence-corrected chi connectivity index (χ4v) is 3.90. The van der Waals surface area contributed by atoms with Gasteiger partial charge in [0.05, 0.1) is 5.38 Å². The molecule has 0 heterocycles. The van der Waals surface area contributed by atoms with Crippen molar-refractivity contribution in [2.24, 2.45) is 0 Å². The minimum absolute atomic E-state index is 0.117. The monoisotopic (exact) mass is 322 g/mol. The van der Waals surface area contributed by atoms with Crippen LogP contribution in [0.2, 0.25) is 0 Å². The highest BCUT2D eigenvalue weighted by atomic mass is 35.5. The molecule has 3 heteroatoms. The summed E-state index contributed by atoms with van der Waals surface area (Å²) in [5.74, 6) is 0. The van der Waals surface area contributed by atoms with Gasteiger partial charge in [-0.3, -0.25) is 0 Å². The second kappa shape index (κ2) is 6.15. The molecule has 2 aromatic carbocycles. The summed E-state index contributed by atoms with van der Waals surface area (Å²) < 4.78 is 0. The van der Waals surface area contributed by atoms with E-state index in [2.05, 4.69) is 70.4 Å². The molecule has 0 aliphatic rings. The molecule has 0 aliphatic heterocycles. The van der Waals surface area contributed by atoms with E-state index >= 15 is 0 Å². The van der Waals surface area contributed by atoms with Crippen molar-refractivity contribution in [3.8, 4) is 0 Å². The van der Waals surface area contributed by atoms with E-state index in [4.69, 9.17) is 11.6 Å². The highest BCUT2D eigenvalue weighted by Crippen LogP contribution is 2.31. The van der Waals surface area contributed by atoms with Gasteiger partial charge in [0.25, 0.3) is 0 Å². The molecule has 0 aromatic heterocycles. The molecule has 20 heavy (non-hydrogen) atoms. The summed E-state index contributed by atoms with van der Waals surface area (Å²) in [6.07, 6.45) is 0. The Hall–Kier alpha value is -0.410. The molecule has 2 aromatic rings. The first kappa shape index (κ1) is 16.0. The minimum atomic E-state index is -0.117. The number of rotatable bonds is 2. The minimum Gasteiger partial charge on any atom is -0.113 e. The average molecular weight is 323 g/mol. The van der Waals surface area contributed by atoms with Crippen LogP contribution in [-0.2, 0) is 0 Å². The third-order valence-electron chi connectivity index (χ3n) is 4.18. The second-order valence-electron chi connectivity index (χ2n) is 5.38. The van der Waals surface area contributed by atoms with Gasteiger partial charge in [0.15, 0.2) is 0 Å². The molecule has 0 N–H and O–H groups in total. The first-order chi connectivity index (χ1) is 9.34. The van der Waals surface area contributed by atoms with E-state index in [0.29, 0.717) is 0 Å². The largest absolute Gasteiger partial charge is 0.113 e. The lowest BCUT2D eigenvalue weighted by Crippen LogP contribution is -2.15. The van der Waals surface area contributed by atoms with Gasteiger partial charge in [-0.05, 0) is 71.7 Å². The Kier molecular flexibility index (Phi) is 4.91. The fourth-order valence-electron chi connectivity index (χ4n) is 2.33. The van der Waals surface area contributed by atoms with E-state index in [9.17, 15) is 0 Å². The van der Waals surface area contributed by atoms with Crippen LogP contribution in [0.1, 0.15) is 38.8 Å². The number of alkyl halides is 1. The van der Waals surface area contributed by atoms with Crippen molar-refractivity contribution >= 4 is 40.7 Å². The summed E-state index contributed by atoms with van der Waals surface area (Å²) in [6.45, 7) is 8.56. The van der Waals surface area contributed by atoms with Gasteiger partial charge in [0, 0.05) is 0 Å². The highest BCUT2D eigenvalue weighted by molar-refractivity contribution is 7.28. The summed E-state index contributed by atoms with van der Waals surface area (Å²) in [5.41, 5.74) is 7.54. The van der Waals surface area contributed by atoms with Gasteiger partial charge in [-0.1, -0.05) is 24.3 Å². The van der Waals surface area contributed by atoms with Crippen LogP contribution in [0.4, 0.5) is 0 Å². The summed E-state index contributed by atoms with van der Waals surface area (Å²) in [7, 11) is 5.69. The fraction of sp³-hybridized carbons (Fsp3) is 0.294. The van der Waals surface area contributed by atoms with E-state index in [1.165, 1.54) is 44.0 Å². The van der Waals surface area contributed by atoms with Crippen LogP contribution < -0.4 is 10.6 Å². The number of aryl methyl sites for hydroxylation is 2. The van der Waals surface area contributed by atoms with Crippen LogP contribution in [0, 0.1) is 27.7 Å². The quantitative estimate of drug-likeness (QED) is 0.573. The number of hydrogen-bond acceptors (Lipinski definition) is 0. The van der Waals surface area contributed by atoms with Crippen LogP contribution in [0.3, 0.4) is 0 Å². The lowest BCUT2D eigenvalue weighted by molar-refractivity contribution is 1.14. The van der Waals surface area contributed by atoms with E-state index in [0.717, 1.165) is 0 Å². The third kappa shape index (κ3) is 2.80. The predicted molar refractivity (Wildman–Crippen MR) is 98.2 cm³/mol. The Morgan fingerprint density at radius 3 is 1.45 bits per heavy atom. The van der Waals surface area contributed by atoms with E-state index in [1.807, 2.05) is 0 Å². The van der Waals surface area contributed by atoms with Crippen LogP contribution in [0.15, 0.2) is 24.3 Å². The maximum atomic E-state index is 6.76. The summed E-state index contributed by atoms with van der Waals surface area (Å²) in [6, 6.07) is 8.58. The zero-order valence-corrected chi connectivity index (χ0v) is 15.5. The van der Waals surface area contributed by atoms with Crippen LogP contribution in [0.25, 0.3) is 0 Å². The number of halogens is 1. The van der Waals surface area contributed by atoms with Gasteiger partial charge in [-0.2, -0.15) is 0 Å². The maximum Gasteiger partial charge on any atom is 0.0847 e. The lowest BCUT2D eigenvalue weighted by Gasteiger charge is -2.19. The van der Waals surface area contributed by atoms with E-state index in [-0.39, 0.29) is 5.38 Å². The smallest absolute Gasteiger partial charge is 0.0847 e. The molecular formula is C17H21ClP2. The molecule has 0 aliphatic carbocycles. The molecule has 0 nitrogen and oxygen atoms in total. The maximum absolute atomic E-state index is 6.76. The summed E-state index contributed by atoms with van der Waals surface area (Å²) in [4.78, 5) is 0. The summed E-state index contributed by atoms with van der Waals surface area (Å²) in [5, 5.41) is 2.31. The van der Waals surface area contributed by atoms with E-state index in [1.54, 1.807) is 0 Å². The highest BCUT2D eigenvalue weighted by Gasteiger charge is 2.18. The Morgan fingerprint density at radius 2 is 1.10 bits per heavy atom. The molecule has 0 radical (unpaired) electrons. The topological polar surface area (TPSA) is 0 Å². The average Bonchev–Trinajstić information content (AvgIpc) is 2.42. The molecule has 0 amide bonds. The van der Waals surface area contributed by atoms with Gasteiger partial charge >= 0.3 is 0 Å². The van der Waals surface area contributed by atoms with E-state index < -0.39 is 0 Å². The zero-order valence-electron chi connectivity index (χ0n) is 12.4. The van der Waals surface area contributed by atoms with Gasteiger partial charge in [-0.15, -0.1) is 30.1 Å². The van der Waals surface area contributed by atoms with Crippen molar-refractivity contribution in [2.75, 3.05) is 0 Å². The molecule has 106 valence electrons. The van der Waals surface area contributed by atoms with Crippen molar-refractivity contribution in [1.82, 2.24) is 0 Å². The van der Waals surface area contributed by atoms with Crippen molar-refractivity contribution in [3.05, 3.63) is 57.6 Å². The second-order valence-corrected chi connectivity index (χ2v) is 6.97. The SMILES string of the molecule is Cc1ccc(C(Cl)c2ccc(C)c(C)c2P)c(P)c1C. The van der Waals surface area contributed by atoms with Crippen LogP contribution >= 0.6 is 30.1 Å². The molecule has 0 fully saturated rings. The Balaban J connectivity index is 2.55. The molecule has 0 saturated heterocycles. The molecule has 2 rings (SSSR count). The van der Waals surface area contributed by atoms with Gasteiger partial charge in [0.2, 0.25) is 0 Å². The van der Waals surface area contributed by atoms with Crippen molar-refractivity contribution in [3.63, 3.8) is 0 Å². The van der Waals surface area contributed by atoms with Crippen molar-refractivity contribution < 1.29 is 0 Å². The van der Waals surface area contributed by atoms with Crippen molar-refractivity contribution in [2.45, 2.75) is 33.1 Å². The first-order valence-corrected chi connectivity index (χ1v) is 8.29. The van der Waals surface area contributed by atoms with Gasteiger partial charge in [0.1, 0.15) is 0 Å². The summed E-state index contributed by atoms with van der Waals surface area (Å²) >= 11 is 6.76. The normalized spacial score (nSPS) is 11.2. The predicted octanol–water partition coefficient (Wildman–Crippen LogP) is 4.25. The van der Waals surface area contributed by atoms with Gasteiger partial charge < -0.3 is 0 Å². The molecule has 0 spiro atoms. The third-order valence-corrected chi connectivity index (χ3v) is 6.19. The molecule has 0 bridgehead atoms. The number of benzene rings is 2. The molecule has 0 saturated carbocycles. The number of hydrogen-bond donors (Lipinski definition) is 0. The Bertz CT molecular complexity index is 605. The zero-order chi connectivity index (χ0) is 15.0. The lowest BCUT2D eigenvalue weighted by atomic mass is 9.97. The first-order valence-electron chi connectivity index (χ1n) is 6.69. The molecule has 2 unspecified atom stereocenters. The Labute approximate surface area is 131 Å². The molecule has 2 atom stereocenters. The standard InChI is InChI=1S/C17H21ClP2/c1-9-5-7-13(16(19)11(9)3)15(18)14-8-6-10(2)12(4)17(14)20/h5-8,15H,19-20H2,1-4H3. The van der Waals surface area contributed by atoms with Gasteiger partial charge in [-0.25, -0.2) is 0 Å². The van der Waals surface area contributed by atoms with Crippen molar-refractivity contribution in [1.29, 1.82) is 0 Å².